The van der Waals surface area contributed by atoms with Crippen molar-refractivity contribution in [2.45, 2.75) is 40.3 Å². The van der Waals surface area contributed by atoms with Crippen molar-refractivity contribution in [3.05, 3.63) is 125 Å². The van der Waals surface area contributed by atoms with E-state index in [0.29, 0.717) is 49.8 Å². The Morgan fingerprint density at radius 3 is 2.53 bits per heavy atom. The number of esters is 1. The third-order valence-electron chi connectivity index (χ3n) is 6.81. The van der Waals surface area contributed by atoms with E-state index in [1.807, 2.05) is 38.1 Å². The number of thiazole rings is 1. The molecule has 43 heavy (non-hydrogen) atoms. The Labute approximate surface area is 257 Å². The van der Waals surface area contributed by atoms with Gasteiger partial charge in [-0.15, -0.1) is 0 Å². The van der Waals surface area contributed by atoms with Gasteiger partial charge in [-0.05, 0) is 74.7 Å². The lowest BCUT2D eigenvalue weighted by molar-refractivity contribution is -0.139. The normalized spacial score (nSPS) is 14.7. The lowest BCUT2D eigenvalue weighted by atomic mass is 9.95. The number of aryl methyl sites for hydroxylation is 1. The fraction of sp³-hybridized carbons (Fsp3) is 0.242. The van der Waals surface area contributed by atoms with E-state index in [9.17, 15) is 14.0 Å². The third kappa shape index (κ3) is 6.43. The molecule has 0 saturated heterocycles. The van der Waals surface area contributed by atoms with E-state index in [1.54, 1.807) is 48.8 Å². The van der Waals surface area contributed by atoms with Crippen molar-refractivity contribution in [3.8, 4) is 11.5 Å². The molecule has 0 saturated carbocycles. The van der Waals surface area contributed by atoms with E-state index >= 15 is 0 Å². The van der Waals surface area contributed by atoms with Crippen LogP contribution in [0.1, 0.15) is 49.1 Å². The predicted octanol–water partition coefficient (Wildman–Crippen LogP) is 5.88. The van der Waals surface area contributed by atoms with Gasteiger partial charge in [0.15, 0.2) is 16.3 Å². The zero-order valence-electron chi connectivity index (χ0n) is 24.1. The van der Waals surface area contributed by atoms with Gasteiger partial charge in [0.05, 0.1) is 40.1 Å². The average Bonchev–Trinajstić information content (AvgIpc) is 3.26. The molecule has 1 atom stereocenters. The molecule has 5 rings (SSSR count). The van der Waals surface area contributed by atoms with Crippen LogP contribution in [0.4, 0.5) is 4.39 Å². The van der Waals surface area contributed by atoms with E-state index in [1.165, 1.54) is 23.5 Å². The van der Waals surface area contributed by atoms with Gasteiger partial charge in [0.25, 0.3) is 5.56 Å². The van der Waals surface area contributed by atoms with E-state index in [4.69, 9.17) is 25.8 Å². The predicted molar refractivity (Wildman–Crippen MR) is 165 cm³/mol. The van der Waals surface area contributed by atoms with E-state index in [0.717, 1.165) is 11.1 Å². The van der Waals surface area contributed by atoms with Gasteiger partial charge in [0.1, 0.15) is 12.4 Å². The summed E-state index contributed by atoms with van der Waals surface area (Å²) in [5.74, 6) is -0.155. The van der Waals surface area contributed by atoms with Gasteiger partial charge in [-0.3, -0.25) is 9.36 Å². The Morgan fingerprint density at radius 1 is 1.07 bits per heavy atom. The molecule has 7 nitrogen and oxygen atoms in total. The molecule has 0 aliphatic carbocycles. The van der Waals surface area contributed by atoms with Crippen molar-refractivity contribution in [2.24, 2.45) is 4.99 Å². The zero-order chi connectivity index (χ0) is 30.7. The minimum Gasteiger partial charge on any atom is -0.490 e. The minimum atomic E-state index is -0.695. The van der Waals surface area contributed by atoms with Gasteiger partial charge >= 0.3 is 5.97 Å². The standard InChI is InChI=1S/C33H30ClFN2O5S/c1-5-40-26-16-22(15-25(34)30(26)42-18-21-8-7-9-24(35)14-21)17-27-31(38)37-29(23-12-10-19(3)11-13-23)28(32(39)41-6-2)20(4)36-33(37)43-27/h7-17,29H,5-6,18H2,1-4H3/b27-17+/t29-/m1/s1. The Kier molecular flexibility index (Phi) is 9.13. The van der Waals surface area contributed by atoms with Gasteiger partial charge in [-0.1, -0.05) is 64.9 Å². The molecule has 0 unspecified atom stereocenters. The molecule has 1 aromatic heterocycles. The van der Waals surface area contributed by atoms with Crippen LogP contribution < -0.4 is 24.4 Å². The molecule has 0 spiro atoms. The van der Waals surface area contributed by atoms with Crippen LogP contribution in [0.15, 0.2) is 81.7 Å². The van der Waals surface area contributed by atoms with Crippen LogP contribution in [0.2, 0.25) is 5.02 Å². The second-order valence-corrected chi connectivity index (χ2v) is 11.3. The summed E-state index contributed by atoms with van der Waals surface area (Å²) in [6, 6.07) is 16.5. The Morgan fingerprint density at radius 2 is 1.84 bits per heavy atom. The lowest BCUT2D eigenvalue weighted by Crippen LogP contribution is -2.39. The van der Waals surface area contributed by atoms with Gasteiger partial charge in [0.2, 0.25) is 0 Å². The number of carbonyl (C=O) groups excluding carboxylic acids is 1. The molecule has 0 amide bonds. The summed E-state index contributed by atoms with van der Waals surface area (Å²) in [7, 11) is 0. The van der Waals surface area contributed by atoms with Gasteiger partial charge in [-0.2, -0.15) is 0 Å². The summed E-state index contributed by atoms with van der Waals surface area (Å²) >= 11 is 7.86. The molecule has 4 aromatic rings. The summed E-state index contributed by atoms with van der Waals surface area (Å²) in [6.45, 7) is 7.95. The van der Waals surface area contributed by atoms with Crippen LogP contribution in [-0.4, -0.2) is 23.8 Å². The number of nitrogens with zero attached hydrogens (tertiary/aromatic N) is 2. The number of halogens is 2. The summed E-state index contributed by atoms with van der Waals surface area (Å²) in [5.41, 5.74) is 3.61. The number of hydrogen-bond donors (Lipinski definition) is 0. The van der Waals surface area contributed by atoms with Crippen LogP contribution in [0.25, 0.3) is 6.08 Å². The SMILES string of the molecule is CCOC(=O)C1=C(C)N=c2s/c(=C/c3cc(Cl)c(OCc4cccc(F)c4)c(OCC)c3)c(=O)n2[C@@H]1c1ccc(C)cc1. The number of fused-ring (bicyclic) bond motifs is 1. The van der Waals surface area contributed by atoms with E-state index < -0.39 is 12.0 Å². The summed E-state index contributed by atoms with van der Waals surface area (Å²) < 4.78 is 32.7. The van der Waals surface area contributed by atoms with E-state index in [2.05, 4.69) is 4.99 Å². The monoisotopic (exact) mass is 620 g/mol. The summed E-state index contributed by atoms with van der Waals surface area (Å²) in [5, 5.41) is 0.277. The first-order chi connectivity index (χ1) is 20.7. The molecule has 1 aliphatic heterocycles. The Hall–Kier alpha value is -4.21. The molecule has 3 aromatic carbocycles. The minimum absolute atomic E-state index is 0.0939. The number of allylic oxidation sites excluding steroid dienone is 1. The highest BCUT2D eigenvalue weighted by atomic mass is 35.5. The maximum absolute atomic E-state index is 13.9. The number of rotatable bonds is 9. The van der Waals surface area contributed by atoms with E-state index in [-0.39, 0.29) is 29.6 Å². The van der Waals surface area contributed by atoms with Crippen LogP contribution in [-0.2, 0) is 16.1 Å². The fourth-order valence-corrected chi connectivity index (χ4v) is 6.18. The van der Waals surface area contributed by atoms with Crippen molar-refractivity contribution in [3.63, 3.8) is 0 Å². The topological polar surface area (TPSA) is 79.1 Å². The Bertz CT molecular complexity index is 1900. The summed E-state index contributed by atoms with van der Waals surface area (Å²) in [4.78, 5) is 32.1. The number of benzene rings is 3. The average molecular weight is 621 g/mol. The van der Waals surface area contributed by atoms with Crippen molar-refractivity contribution in [1.29, 1.82) is 0 Å². The second-order valence-electron chi connectivity index (χ2n) is 9.89. The van der Waals surface area contributed by atoms with Crippen molar-refractivity contribution < 1.29 is 23.4 Å². The lowest BCUT2D eigenvalue weighted by Gasteiger charge is -2.24. The smallest absolute Gasteiger partial charge is 0.338 e. The summed E-state index contributed by atoms with van der Waals surface area (Å²) in [6.07, 6.45) is 1.71. The molecule has 0 fully saturated rings. The largest absolute Gasteiger partial charge is 0.490 e. The Balaban J connectivity index is 1.58. The zero-order valence-corrected chi connectivity index (χ0v) is 25.7. The highest BCUT2D eigenvalue weighted by molar-refractivity contribution is 7.07. The van der Waals surface area contributed by atoms with Crippen LogP contribution in [0.5, 0.6) is 11.5 Å². The third-order valence-corrected chi connectivity index (χ3v) is 8.08. The molecule has 222 valence electrons. The number of hydrogen-bond acceptors (Lipinski definition) is 7. The highest BCUT2D eigenvalue weighted by Gasteiger charge is 2.33. The molecule has 0 N–H and O–H groups in total. The molecule has 0 bridgehead atoms. The first kappa shape index (κ1) is 30.3. The van der Waals surface area contributed by atoms with Gasteiger partial charge in [0, 0.05) is 0 Å². The highest BCUT2D eigenvalue weighted by Crippen LogP contribution is 2.37. The van der Waals surface area contributed by atoms with Crippen molar-refractivity contribution in [2.75, 3.05) is 13.2 Å². The van der Waals surface area contributed by atoms with Crippen LogP contribution >= 0.6 is 22.9 Å². The van der Waals surface area contributed by atoms with Crippen molar-refractivity contribution in [1.82, 2.24) is 4.57 Å². The molecule has 1 aliphatic rings. The number of aromatic nitrogens is 1. The molecule has 10 heteroatoms. The van der Waals surface area contributed by atoms with Gasteiger partial charge in [-0.25, -0.2) is 14.2 Å². The van der Waals surface area contributed by atoms with Gasteiger partial charge < -0.3 is 14.2 Å². The first-order valence-electron chi connectivity index (χ1n) is 13.8. The second kappa shape index (κ2) is 13.0. The molecular weight excluding hydrogens is 591 g/mol. The molecule has 0 radical (unpaired) electrons. The fourth-order valence-electron chi connectivity index (χ4n) is 4.86. The number of ether oxygens (including phenoxy) is 3. The maximum atomic E-state index is 13.9. The quantitative estimate of drug-likeness (QED) is 0.219. The maximum Gasteiger partial charge on any atom is 0.338 e. The molecular formula is C33H30ClFN2O5S. The number of carbonyl (C=O) groups is 1. The molecule has 2 heterocycles. The van der Waals surface area contributed by atoms with Crippen LogP contribution in [0.3, 0.4) is 0 Å². The van der Waals surface area contributed by atoms with Crippen molar-refractivity contribution >= 4 is 35.0 Å². The first-order valence-corrected chi connectivity index (χ1v) is 15.0. The van der Waals surface area contributed by atoms with Crippen LogP contribution in [0, 0.1) is 12.7 Å².